The Kier molecular flexibility index (Phi) is 6.72. The van der Waals surface area contributed by atoms with E-state index in [1.54, 1.807) is 50.6 Å². The van der Waals surface area contributed by atoms with Crippen LogP contribution in [-0.4, -0.2) is 47.9 Å². The van der Waals surface area contributed by atoms with E-state index in [-0.39, 0.29) is 18.0 Å². The first kappa shape index (κ1) is 19.4. The van der Waals surface area contributed by atoms with Crippen molar-refractivity contribution in [2.75, 3.05) is 21.1 Å². The fourth-order valence-corrected chi connectivity index (χ4v) is 2.82. The van der Waals surface area contributed by atoms with Crippen molar-refractivity contribution in [3.8, 4) is 0 Å². The average molecular weight is 354 g/mol. The molecular formula is C20H26N4O2. The summed E-state index contributed by atoms with van der Waals surface area (Å²) in [4.78, 5) is 31.9. The molecule has 6 heteroatoms. The summed E-state index contributed by atoms with van der Waals surface area (Å²) in [6.07, 6.45) is 4.30. The van der Waals surface area contributed by atoms with Crippen LogP contribution in [0.3, 0.4) is 0 Å². The highest BCUT2D eigenvalue weighted by molar-refractivity contribution is 5.94. The lowest BCUT2D eigenvalue weighted by Gasteiger charge is -2.27. The third kappa shape index (κ3) is 4.81. The third-order valence-corrected chi connectivity index (χ3v) is 4.27. The minimum absolute atomic E-state index is 0.0367. The van der Waals surface area contributed by atoms with Crippen LogP contribution in [0, 0.1) is 0 Å². The molecule has 0 spiro atoms. The summed E-state index contributed by atoms with van der Waals surface area (Å²) in [5, 5.41) is 2.92. The van der Waals surface area contributed by atoms with E-state index >= 15 is 0 Å². The molecule has 0 radical (unpaired) electrons. The first-order valence-corrected chi connectivity index (χ1v) is 8.65. The van der Waals surface area contributed by atoms with Gasteiger partial charge in [0.05, 0.1) is 6.04 Å². The van der Waals surface area contributed by atoms with Crippen molar-refractivity contribution >= 4 is 11.9 Å². The Morgan fingerprint density at radius 2 is 1.92 bits per heavy atom. The maximum absolute atomic E-state index is 12.5. The molecule has 1 aromatic heterocycles. The number of benzene rings is 1. The van der Waals surface area contributed by atoms with Gasteiger partial charge >= 0.3 is 6.03 Å². The molecular weight excluding hydrogens is 328 g/mol. The van der Waals surface area contributed by atoms with Crippen LogP contribution in [0.25, 0.3) is 0 Å². The van der Waals surface area contributed by atoms with Gasteiger partial charge in [0.1, 0.15) is 0 Å². The summed E-state index contributed by atoms with van der Waals surface area (Å²) in [6.45, 7) is 2.40. The number of pyridine rings is 1. The fourth-order valence-electron chi connectivity index (χ4n) is 2.82. The van der Waals surface area contributed by atoms with E-state index in [4.69, 9.17) is 0 Å². The summed E-state index contributed by atoms with van der Waals surface area (Å²) in [5.41, 5.74) is 2.50. The molecule has 3 amide bonds. The first-order chi connectivity index (χ1) is 12.4. The molecule has 0 saturated carbocycles. The Hall–Kier alpha value is -2.89. The Morgan fingerprint density at radius 3 is 2.54 bits per heavy atom. The molecule has 0 saturated heterocycles. The molecule has 1 atom stereocenters. The van der Waals surface area contributed by atoms with E-state index in [0.29, 0.717) is 12.1 Å². The quantitative estimate of drug-likeness (QED) is 0.867. The summed E-state index contributed by atoms with van der Waals surface area (Å²) in [6, 6.07) is 10.9. The van der Waals surface area contributed by atoms with Crippen LogP contribution in [0.15, 0.2) is 48.8 Å². The number of urea groups is 1. The molecule has 1 heterocycles. The van der Waals surface area contributed by atoms with E-state index in [9.17, 15) is 9.59 Å². The fraction of sp³-hybridized carbons (Fsp3) is 0.350. The molecule has 0 bridgehead atoms. The minimum atomic E-state index is -0.162. The molecule has 138 valence electrons. The third-order valence-electron chi connectivity index (χ3n) is 4.27. The lowest BCUT2D eigenvalue weighted by atomic mass is 10.1. The minimum Gasteiger partial charge on any atom is -0.345 e. The normalized spacial score (nSPS) is 11.5. The molecule has 0 aliphatic rings. The zero-order valence-corrected chi connectivity index (χ0v) is 15.8. The smallest absolute Gasteiger partial charge is 0.317 e. The molecule has 6 nitrogen and oxygen atoms in total. The molecule has 0 aliphatic carbocycles. The Morgan fingerprint density at radius 1 is 1.15 bits per heavy atom. The number of amides is 3. The number of nitrogens with one attached hydrogen (secondary N) is 1. The van der Waals surface area contributed by atoms with E-state index in [1.165, 1.54) is 4.90 Å². The zero-order valence-electron chi connectivity index (χ0n) is 15.8. The van der Waals surface area contributed by atoms with Gasteiger partial charge < -0.3 is 15.1 Å². The molecule has 0 fully saturated rings. The number of carbonyl (C=O) groups excluding carboxylic acids is 2. The van der Waals surface area contributed by atoms with Crippen molar-refractivity contribution in [3.05, 3.63) is 65.5 Å². The van der Waals surface area contributed by atoms with Crippen LogP contribution < -0.4 is 5.32 Å². The molecule has 2 aromatic rings. The van der Waals surface area contributed by atoms with E-state index in [1.807, 2.05) is 31.2 Å². The highest BCUT2D eigenvalue weighted by atomic mass is 16.2. The topological polar surface area (TPSA) is 65.5 Å². The van der Waals surface area contributed by atoms with E-state index < -0.39 is 0 Å². The van der Waals surface area contributed by atoms with Gasteiger partial charge in [0, 0.05) is 45.6 Å². The molecule has 0 unspecified atom stereocenters. The van der Waals surface area contributed by atoms with Crippen molar-refractivity contribution in [3.63, 3.8) is 0 Å². The molecule has 1 N–H and O–H groups in total. The Labute approximate surface area is 154 Å². The summed E-state index contributed by atoms with van der Waals surface area (Å²) in [5.74, 6) is -0.0575. The predicted octanol–water partition coefficient (Wildman–Crippen LogP) is 3.08. The van der Waals surface area contributed by atoms with Crippen LogP contribution >= 0.6 is 0 Å². The van der Waals surface area contributed by atoms with Crippen LogP contribution in [0.4, 0.5) is 4.79 Å². The average Bonchev–Trinajstić information content (AvgIpc) is 2.67. The van der Waals surface area contributed by atoms with Gasteiger partial charge in [-0.2, -0.15) is 0 Å². The highest BCUT2D eigenvalue weighted by Gasteiger charge is 2.20. The number of hydrogen-bond acceptors (Lipinski definition) is 3. The van der Waals surface area contributed by atoms with Crippen molar-refractivity contribution in [2.24, 2.45) is 0 Å². The Bertz CT molecular complexity index is 746. The molecule has 1 aromatic carbocycles. The largest absolute Gasteiger partial charge is 0.345 e. The second-order valence-electron chi connectivity index (χ2n) is 6.38. The lowest BCUT2D eigenvalue weighted by molar-refractivity contribution is 0.0827. The summed E-state index contributed by atoms with van der Waals surface area (Å²) < 4.78 is 0. The molecule has 26 heavy (non-hydrogen) atoms. The van der Waals surface area contributed by atoms with Gasteiger partial charge in [-0.05, 0) is 35.7 Å². The maximum Gasteiger partial charge on any atom is 0.317 e. The second kappa shape index (κ2) is 8.99. The van der Waals surface area contributed by atoms with Crippen LogP contribution in [-0.2, 0) is 6.54 Å². The molecule has 2 rings (SSSR count). The van der Waals surface area contributed by atoms with Gasteiger partial charge in [-0.1, -0.05) is 25.1 Å². The number of nitrogens with zero attached hydrogens (tertiary/aromatic N) is 3. The van der Waals surface area contributed by atoms with Crippen molar-refractivity contribution in [1.82, 2.24) is 20.1 Å². The van der Waals surface area contributed by atoms with Crippen molar-refractivity contribution < 1.29 is 9.59 Å². The number of aromatic nitrogens is 1. The van der Waals surface area contributed by atoms with Gasteiger partial charge in [-0.3, -0.25) is 9.78 Å². The van der Waals surface area contributed by atoms with Gasteiger partial charge in [-0.25, -0.2) is 4.79 Å². The van der Waals surface area contributed by atoms with Gasteiger partial charge in [0.25, 0.3) is 5.91 Å². The zero-order chi connectivity index (χ0) is 19.1. The summed E-state index contributed by atoms with van der Waals surface area (Å²) in [7, 11) is 5.21. The second-order valence-corrected chi connectivity index (χ2v) is 6.38. The van der Waals surface area contributed by atoms with Gasteiger partial charge in [-0.15, -0.1) is 0 Å². The number of rotatable bonds is 6. The van der Waals surface area contributed by atoms with Crippen LogP contribution in [0.1, 0.15) is 40.9 Å². The molecule has 0 aliphatic heterocycles. The predicted molar refractivity (Wildman–Crippen MR) is 102 cm³/mol. The van der Waals surface area contributed by atoms with E-state index in [0.717, 1.165) is 17.5 Å². The standard InChI is InChI=1S/C20H26N4O2/c1-5-18(17-10-7-11-21-14-17)24(4)20(26)22-13-15-8-6-9-16(12-15)19(25)23(2)3/h6-12,14,18H,5,13H2,1-4H3,(H,22,26)/t18-/m0/s1. The van der Waals surface area contributed by atoms with Gasteiger partial charge in [0.2, 0.25) is 0 Å². The lowest BCUT2D eigenvalue weighted by Crippen LogP contribution is -2.39. The van der Waals surface area contributed by atoms with Crippen LogP contribution in [0.5, 0.6) is 0 Å². The SMILES string of the molecule is CC[C@@H](c1cccnc1)N(C)C(=O)NCc1cccc(C(=O)N(C)C)c1. The van der Waals surface area contributed by atoms with Gasteiger partial charge in [0.15, 0.2) is 0 Å². The number of hydrogen-bond donors (Lipinski definition) is 1. The Balaban J connectivity index is 2.01. The highest BCUT2D eigenvalue weighted by Crippen LogP contribution is 2.21. The van der Waals surface area contributed by atoms with E-state index in [2.05, 4.69) is 10.3 Å². The van der Waals surface area contributed by atoms with Crippen molar-refractivity contribution in [1.29, 1.82) is 0 Å². The number of carbonyl (C=O) groups is 2. The maximum atomic E-state index is 12.5. The first-order valence-electron chi connectivity index (χ1n) is 8.65. The summed E-state index contributed by atoms with van der Waals surface area (Å²) >= 11 is 0. The van der Waals surface area contributed by atoms with Crippen molar-refractivity contribution in [2.45, 2.75) is 25.9 Å². The monoisotopic (exact) mass is 354 g/mol. The van der Waals surface area contributed by atoms with Crippen LogP contribution in [0.2, 0.25) is 0 Å².